The lowest BCUT2D eigenvalue weighted by Gasteiger charge is -2.15. The summed E-state index contributed by atoms with van der Waals surface area (Å²) in [7, 11) is 0. The number of hydrogen-bond donors (Lipinski definition) is 2. The minimum atomic E-state index is -0.610. The molecular weight excluding hydrogens is 280 g/mol. The highest BCUT2D eigenvalue weighted by Crippen LogP contribution is 2.34. The summed E-state index contributed by atoms with van der Waals surface area (Å²) in [6.07, 6.45) is 1.95. The molecule has 0 aromatic carbocycles. The van der Waals surface area contributed by atoms with Gasteiger partial charge in [0.05, 0.1) is 6.61 Å². The Morgan fingerprint density at radius 1 is 1.52 bits per heavy atom. The lowest BCUT2D eigenvalue weighted by Crippen LogP contribution is -2.33. The third kappa shape index (κ3) is 2.38. The summed E-state index contributed by atoms with van der Waals surface area (Å²) in [5.41, 5.74) is -0.581. The largest absolute Gasteiger partial charge is 0.394 e. The van der Waals surface area contributed by atoms with Crippen LogP contribution in [-0.2, 0) is 4.74 Å². The smallest absolute Gasteiger partial charge is 0.330 e. The Balaban J connectivity index is 1.93. The van der Waals surface area contributed by atoms with Crippen molar-refractivity contribution in [3.05, 3.63) is 38.9 Å². The van der Waals surface area contributed by atoms with Crippen molar-refractivity contribution < 1.29 is 9.84 Å². The maximum Gasteiger partial charge on any atom is 0.330 e. The monoisotopic (exact) mass is 294 g/mol. The topological polar surface area (TPSA) is 128 Å². The van der Waals surface area contributed by atoms with Crippen LogP contribution in [0.25, 0.3) is 0 Å². The van der Waals surface area contributed by atoms with Crippen LogP contribution in [0.3, 0.4) is 0 Å². The summed E-state index contributed by atoms with van der Waals surface area (Å²) in [6.45, 7) is 1.36. The molecule has 1 aliphatic rings. The maximum absolute atomic E-state index is 11.9. The van der Waals surface area contributed by atoms with Crippen LogP contribution < -0.4 is 11.2 Å². The first kappa shape index (κ1) is 13.6. The number of tetrazole rings is 1. The second kappa shape index (κ2) is 5.22. The summed E-state index contributed by atoms with van der Waals surface area (Å²) < 4.78 is 6.97. The first-order chi connectivity index (χ1) is 10.1. The van der Waals surface area contributed by atoms with E-state index in [0.29, 0.717) is 12.0 Å². The Hall–Kier alpha value is -2.33. The van der Waals surface area contributed by atoms with Crippen LogP contribution >= 0.6 is 0 Å². The van der Waals surface area contributed by atoms with E-state index < -0.39 is 23.6 Å². The fraction of sp³-hybridized carbons (Fsp3) is 0.545. The second-order valence-corrected chi connectivity index (χ2v) is 4.85. The van der Waals surface area contributed by atoms with Gasteiger partial charge in [0.1, 0.15) is 18.4 Å². The lowest BCUT2D eigenvalue weighted by molar-refractivity contribution is -0.0332. The van der Waals surface area contributed by atoms with Gasteiger partial charge in [-0.3, -0.25) is 14.3 Å². The predicted octanol–water partition coefficient (Wildman–Crippen LogP) is -1.65. The van der Waals surface area contributed by atoms with E-state index in [4.69, 9.17) is 4.74 Å². The van der Waals surface area contributed by atoms with E-state index >= 15 is 0 Å². The third-order valence-electron chi connectivity index (χ3n) is 3.50. The van der Waals surface area contributed by atoms with E-state index in [1.807, 2.05) is 0 Å². The lowest BCUT2D eigenvalue weighted by atomic mass is 10.1. The molecule has 3 atom stereocenters. The normalized spacial score (nSPS) is 25.3. The second-order valence-electron chi connectivity index (χ2n) is 4.85. The van der Waals surface area contributed by atoms with Gasteiger partial charge in [0, 0.05) is 18.2 Å². The molecule has 10 heteroatoms. The highest BCUT2D eigenvalue weighted by atomic mass is 16.5. The molecule has 2 aromatic heterocycles. The van der Waals surface area contributed by atoms with E-state index in [2.05, 4.69) is 20.4 Å². The summed E-state index contributed by atoms with van der Waals surface area (Å²) in [5, 5.41) is 20.8. The van der Waals surface area contributed by atoms with Crippen molar-refractivity contribution >= 4 is 0 Å². The van der Waals surface area contributed by atoms with Gasteiger partial charge in [0.15, 0.2) is 6.33 Å². The molecule has 3 heterocycles. The Bertz CT molecular complexity index is 736. The van der Waals surface area contributed by atoms with E-state index in [1.54, 1.807) is 6.92 Å². The standard InChI is InChI=1S/C11H14N6O4/c1-6-3-16(11(20)14-10(6)19)9-2-7(8(4-18)21-9)17-13-5-12-15-17/h3,5,7-9,18H,2,4H2,1H3,(H,14,19,20)/t7?,8-,9-/m1/s1. The predicted molar refractivity (Wildman–Crippen MR) is 68.5 cm³/mol. The van der Waals surface area contributed by atoms with Crippen LogP contribution in [0.15, 0.2) is 22.1 Å². The van der Waals surface area contributed by atoms with Crippen molar-refractivity contribution in [1.29, 1.82) is 0 Å². The average Bonchev–Trinajstić information content (AvgIpc) is 3.10. The first-order valence-electron chi connectivity index (χ1n) is 6.41. The molecular formula is C11H14N6O4. The van der Waals surface area contributed by atoms with E-state index in [0.717, 1.165) is 0 Å². The molecule has 1 fully saturated rings. The highest BCUT2D eigenvalue weighted by Gasteiger charge is 2.38. The molecule has 0 amide bonds. The number of ether oxygens (including phenoxy) is 1. The zero-order valence-corrected chi connectivity index (χ0v) is 11.2. The molecule has 3 rings (SSSR count). The van der Waals surface area contributed by atoms with Gasteiger partial charge < -0.3 is 9.84 Å². The van der Waals surface area contributed by atoms with Gasteiger partial charge in [-0.1, -0.05) is 0 Å². The van der Waals surface area contributed by atoms with E-state index in [-0.39, 0.29) is 12.6 Å². The third-order valence-corrected chi connectivity index (χ3v) is 3.50. The number of nitrogens with one attached hydrogen (secondary N) is 1. The fourth-order valence-corrected chi connectivity index (χ4v) is 2.42. The Kier molecular flexibility index (Phi) is 3.39. The molecule has 2 N–H and O–H groups in total. The number of aromatic amines is 1. The number of aliphatic hydroxyl groups excluding tert-OH is 1. The van der Waals surface area contributed by atoms with Crippen molar-refractivity contribution in [3.63, 3.8) is 0 Å². The molecule has 10 nitrogen and oxygen atoms in total. The number of hydrogen-bond acceptors (Lipinski definition) is 7. The molecule has 0 spiro atoms. The summed E-state index contributed by atoms with van der Waals surface area (Å²) in [4.78, 5) is 26.9. The molecule has 21 heavy (non-hydrogen) atoms. The first-order valence-corrected chi connectivity index (χ1v) is 6.41. The van der Waals surface area contributed by atoms with Gasteiger partial charge in [-0.2, -0.15) is 4.80 Å². The van der Waals surface area contributed by atoms with Gasteiger partial charge in [-0.15, -0.1) is 10.2 Å². The van der Waals surface area contributed by atoms with Gasteiger partial charge >= 0.3 is 5.69 Å². The number of aromatic nitrogens is 6. The Labute approximate surface area is 118 Å². The average molecular weight is 294 g/mol. The van der Waals surface area contributed by atoms with Gasteiger partial charge in [0.25, 0.3) is 5.56 Å². The zero-order valence-electron chi connectivity index (χ0n) is 11.2. The summed E-state index contributed by atoms with van der Waals surface area (Å²) in [5.74, 6) is 0. The SMILES string of the molecule is Cc1cn([C@H]2CC(n3ncnn3)[C@@H](CO)O2)c(=O)[nH]c1=O. The number of aryl methyl sites for hydroxylation is 1. The van der Waals surface area contributed by atoms with Crippen LogP contribution in [-0.4, -0.2) is 47.6 Å². The summed E-state index contributed by atoms with van der Waals surface area (Å²) in [6, 6.07) is -0.332. The van der Waals surface area contributed by atoms with Crippen LogP contribution in [0.4, 0.5) is 0 Å². The summed E-state index contributed by atoms with van der Waals surface area (Å²) >= 11 is 0. The molecule has 0 saturated carbocycles. The number of H-pyrrole nitrogens is 1. The number of aliphatic hydroxyl groups is 1. The van der Waals surface area contributed by atoms with Crippen molar-refractivity contribution in [2.45, 2.75) is 31.7 Å². The van der Waals surface area contributed by atoms with Gasteiger partial charge in [-0.05, 0) is 12.1 Å². The molecule has 112 valence electrons. The number of nitrogens with zero attached hydrogens (tertiary/aromatic N) is 5. The quantitative estimate of drug-likeness (QED) is 0.694. The maximum atomic E-state index is 11.9. The van der Waals surface area contributed by atoms with Crippen LogP contribution in [0.2, 0.25) is 0 Å². The van der Waals surface area contributed by atoms with E-state index in [9.17, 15) is 14.7 Å². The zero-order chi connectivity index (χ0) is 15.0. The van der Waals surface area contributed by atoms with Crippen molar-refractivity contribution in [2.75, 3.05) is 6.61 Å². The molecule has 2 aromatic rings. The van der Waals surface area contributed by atoms with Gasteiger partial charge in [0.2, 0.25) is 0 Å². The van der Waals surface area contributed by atoms with Crippen molar-refractivity contribution in [3.8, 4) is 0 Å². The van der Waals surface area contributed by atoms with Crippen molar-refractivity contribution in [2.24, 2.45) is 0 Å². The minimum Gasteiger partial charge on any atom is -0.394 e. The fourth-order valence-electron chi connectivity index (χ4n) is 2.42. The number of rotatable bonds is 3. The molecule has 1 saturated heterocycles. The van der Waals surface area contributed by atoms with Crippen LogP contribution in [0, 0.1) is 6.92 Å². The molecule has 1 aliphatic heterocycles. The molecule has 0 bridgehead atoms. The molecule has 0 radical (unpaired) electrons. The Morgan fingerprint density at radius 2 is 2.33 bits per heavy atom. The van der Waals surface area contributed by atoms with Crippen molar-refractivity contribution in [1.82, 2.24) is 29.8 Å². The highest BCUT2D eigenvalue weighted by molar-refractivity contribution is 5.02. The molecule has 1 unspecified atom stereocenters. The van der Waals surface area contributed by atoms with Gasteiger partial charge in [-0.25, -0.2) is 4.79 Å². The van der Waals surface area contributed by atoms with Crippen LogP contribution in [0.1, 0.15) is 24.3 Å². The van der Waals surface area contributed by atoms with E-state index in [1.165, 1.54) is 21.9 Å². The Morgan fingerprint density at radius 3 is 3.00 bits per heavy atom. The minimum absolute atomic E-state index is 0.236. The molecule has 0 aliphatic carbocycles. The van der Waals surface area contributed by atoms with Crippen LogP contribution in [0.5, 0.6) is 0 Å².